The molecule has 3 N–H and O–H groups in total. The predicted molar refractivity (Wildman–Crippen MR) is 123 cm³/mol. The fourth-order valence-corrected chi connectivity index (χ4v) is 4.40. The summed E-state index contributed by atoms with van der Waals surface area (Å²) in [5, 5.41) is 23.9. The van der Waals surface area contributed by atoms with E-state index < -0.39 is 17.6 Å². The van der Waals surface area contributed by atoms with Gasteiger partial charge >= 0.3 is 5.69 Å². The van der Waals surface area contributed by atoms with E-state index in [1.807, 2.05) is 0 Å². The lowest BCUT2D eigenvalue weighted by Crippen LogP contribution is -2.42. The van der Waals surface area contributed by atoms with Crippen LogP contribution in [0.5, 0.6) is 0 Å². The fraction of sp³-hybridized carbons (Fsp3) is 0.565. The summed E-state index contributed by atoms with van der Waals surface area (Å²) in [5.41, 5.74) is 0.157. The molecule has 1 aliphatic carbocycles. The van der Waals surface area contributed by atoms with E-state index in [1.54, 1.807) is 31.3 Å². The molecular formula is C23H32ClN3O5. The van der Waals surface area contributed by atoms with Gasteiger partial charge in [-0.2, -0.15) is 0 Å². The third-order valence-corrected chi connectivity index (χ3v) is 6.35. The number of aryl methyl sites for hydroxylation is 1. The third kappa shape index (κ3) is 5.81. The number of aliphatic hydroxyl groups excluding tert-OH is 1. The van der Waals surface area contributed by atoms with Gasteiger partial charge in [-0.3, -0.25) is 13.9 Å². The first kappa shape index (κ1) is 24.5. The van der Waals surface area contributed by atoms with Crippen molar-refractivity contribution in [2.45, 2.75) is 63.7 Å². The Morgan fingerprint density at radius 1 is 1.28 bits per heavy atom. The topological polar surface area (TPSA) is 106 Å². The standard InChI is InChI=1S/C23H32ClN3O5/c1-16-12-27(22(30)26(16)13-18(28)14-32-2)17-7-8-20(24)19(11-17)21(29)25-15-23(31)9-5-3-4-6-10-23/h7-8,11-12,18,28,31H,3-6,9-10,13-15H2,1-2H3,(H,25,29). The Balaban J connectivity index is 1.80. The second-order valence-corrected chi connectivity index (χ2v) is 9.04. The number of methoxy groups -OCH3 is 1. The number of hydrogen-bond acceptors (Lipinski definition) is 5. The number of imidazole rings is 1. The summed E-state index contributed by atoms with van der Waals surface area (Å²) in [6.07, 6.45) is 6.26. The maximum absolute atomic E-state index is 12.9. The van der Waals surface area contributed by atoms with E-state index in [1.165, 1.54) is 16.2 Å². The number of aromatic nitrogens is 2. The zero-order chi connectivity index (χ0) is 23.3. The van der Waals surface area contributed by atoms with Gasteiger partial charge in [0.05, 0.1) is 41.1 Å². The smallest absolute Gasteiger partial charge is 0.333 e. The van der Waals surface area contributed by atoms with Crippen LogP contribution in [0, 0.1) is 6.92 Å². The van der Waals surface area contributed by atoms with Gasteiger partial charge in [0.25, 0.3) is 5.91 Å². The van der Waals surface area contributed by atoms with Crippen LogP contribution in [0.3, 0.4) is 0 Å². The zero-order valence-corrected chi connectivity index (χ0v) is 19.4. The number of nitrogens with one attached hydrogen (secondary N) is 1. The highest BCUT2D eigenvalue weighted by Crippen LogP contribution is 2.27. The van der Waals surface area contributed by atoms with Crippen LogP contribution in [0.2, 0.25) is 5.02 Å². The van der Waals surface area contributed by atoms with E-state index in [2.05, 4.69) is 5.32 Å². The summed E-state index contributed by atoms with van der Waals surface area (Å²) in [7, 11) is 1.48. The number of amides is 1. The number of ether oxygens (including phenoxy) is 1. The SMILES string of the molecule is COCC(O)Cn1c(C)cn(-c2ccc(Cl)c(C(=O)NCC3(O)CCCCCC3)c2)c1=O. The summed E-state index contributed by atoms with van der Waals surface area (Å²) in [4.78, 5) is 25.8. The molecule has 0 saturated heterocycles. The number of rotatable bonds is 8. The van der Waals surface area contributed by atoms with Crippen LogP contribution >= 0.6 is 11.6 Å². The number of benzene rings is 1. The number of hydrogen-bond donors (Lipinski definition) is 3. The van der Waals surface area contributed by atoms with Crippen molar-refractivity contribution in [1.82, 2.24) is 14.5 Å². The van der Waals surface area contributed by atoms with Gasteiger partial charge in [0.1, 0.15) is 0 Å². The van der Waals surface area contributed by atoms with E-state index in [9.17, 15) is 19.8 Å². The summed E-state index contributed by atoms with van der Waals surface area (Å²) < 4.78 is 7.81. The predicted octanol–water partition coefficient (Wildman–Crippen LogP) is 2.42. The molecule has 2 aromatic rings. The summed E-state index contributed by atoms with van der Waals surface area (Å²) in [6, 6.07) is 4.80. The molecule has 1 atom stereocenters. The van der Waals surface area contributed by atoms with E-state index in [-0.39, 0.29) is 36.0 Å². The Labute approximate surface area is 192 Å². The summed E-state index contributed by atoms with van der Waals surface area (Å²) >= 11 is 6.28. The third-order valence-electron chi connectivity index (χ3n) is 6.02. The number of aliphatic hydroxyl groups is 2. The van der Waals surface area contributed by atoms with Crippen molar-refractivity contribution in [1.29, 1.82) is 0 Å². The van der Waals surface area contributed by atoms with Crippen molar-refractivity contribution in [3.63, 3.8) is 0 Å². The number of carbonyl (C=O) groups excluding carboxylic acids is 1. The second-order valence-electron chi connectivity index (χ2n) is 8.63. The van der Waals surface area contributed by atoms with Crippen molar-refractivity contribution >= 4 is 17.5 Å². The molecule has 1 aromatic heterocycles. The van der Waals surface area contributed by atoms with Crippen LogP contribution in [-0.2, 0) is 11.3 Å². The number of halogens is 1. The lowest BCUT2D eigenvalue weighted by atomic mass is 9.94. The minimum Gasteiger partial charge on any atom is -0.389 e. The molecule has 176 valence electrons. The zero-order valence-electron chi connectivity index (χ0n) is 18.6. The Morgan fingerprint density at radius 3 is 2.62 bits per heavy atom. The molecular weight excluding hydrogens is 434 g/mol. The molecule has 0 aliphatic heterocycles. The minimum absolute atomic E-state index is 0.102. The highest BCUT2D eigenvalue weighted by molar-refractivity contribution is 6.33. The van der Waals surface area contributed by atoms with Crippen LogP contribution in [0.25, 0.3) is 5.69 Å². The minimum atomic E-state index is -0.898. The average Bonchev–Trinajstić information content (AvgIpc) is 2.91. The van der Waals surface area contributed by atoms with Crippen LogP contribution in [0.4, 0.5) is 0 Å². The van der Waals surface area contributed by atoms with Gasteiger partial charge in [-0.25, -0.2) is 4.79 Å². The Kier molecular flexibility index (Phi) is 8.16. The monoisotopic (exact) mass is 465 g/mol. The van der Waals surface area contributed by atoms with Crippen molar-refractivity contribution < 1.29 is 19.7 Å². The molecule has 1 unspecified atom stereocenters. The van der Waals surface area contributed by atoms with Crippen LogP contribution in [0.15, 0.2) is 29.2 Å². The van der Waals surface area contributed by atoms with Gasteiger partial charge in [-0.05, 0) is 38.0 Å². The van der Waals surface area contributed by atoms with Crippen molar-refractivity contribution in [2.75, 3.05) is 20.3 Å². The average molecular weight is 466 g/mol. The normalized spacial score (nSPS) is 17.0. The van der Waals surface area contributed by atoms with Gasteiger partial charge in [0.15, 0.2) is 0 Å². The lowest BCUT2D eigenvalue weighted by Gasteiger charge is -2.26. The lowest BCUT2D eigenvalue weighted by molar-refractivity contribution is 0.0246. The molecule has 1 fully saturated rings. The molecule has 1 saturated carbocycles. The quantitative estimate of drug-likeness (QED) is 0.519. The summed E-state index contributed by atoms with van der Waals surface area (Å²) in [6.45, 7) is 2.16. The van der Waals surface area contributed by atoms with Crippen molar-refractivity contribution in [3.05, 3.63) is 51.2 Å². The molecule has 1 aromatic carbocycles. The first-order valence-electron chi connectivity index (χ1n) is 11.0. The first-order chi connectivity index (χ1) is 15.2. The molecule has 32 heavy (non-hydrogen) atoms. The highest BCUT2D eigenvalue weighted by atomic mass is 35.5. The molecule has 3 rings (SSSR count). The Hall–Kier alpha value is -2.13. The summed E-state index contributed by atoms with van der Waals surface area (Å²) in [5.74, 6) is -0.394. The van der Waals surface area contributed by atoms with E-state index in [0.717, 1.165) is 25.7 Å². The second kappa shape index (κ2) is 10.7. The Bertz CT molecular complexity index is 992. The molecule has 0 spiro atoms. The molecule has 9 heteroatoms. The first-order valence-corrected chi connectivity index (χ1v) is 11.4. The van der Waals surface area contributed by atoms with Crippen LogP contribution in [-0.4, -0.2) is 57.2 Å². The van der Waals surface area contributed by atoms with Crippen LogP contribution in [0.1, 0.15) is 54.6 Å². The van der Waals surface area contributed by atoms with E-state index in [0.29, 0.717) is 24.2 Å². The molecule has 1 aliphatic rings. The highest BCUT2D eigenvalue weighted by Gasteiger charge is 2.29. The molecule has 1 heterocycles. The maximum Gasteiger partial charge on any atom is 0.333 e. The number of carbonyl (C=O) groups is 1. The number of nitrogens with zero attached hydrogens (tertiary/aromatic N) is 2. The van der Waals surface area contributed by atoms with Gasteiger partial charge in [-0.1, -0.05) is 37.3 Å². The van der Waals surface area contributed by atoms with Gasteiger partial charge in [-0.15, -0.1) is 0 Å². The van der Waals surface area contributed by atoms with Crippen molar-refractivity contribution in [2.24, 2.45) is 0 Å². The molecule has 0 bridgehead atoms. The van der Waals surface area contributed by atoms with Crippen LogP contribution < -0.4 is 11.0 Å². The van der Waals surface area contributed by atoms with E-state index in [4.69, 9.17) is 16.3 Å². The Morgan fingerprint density at radius 2 is 1.97 bits per heavy atom. The fourth-order valence-electron chi connectivity index (χ4n) is 4.20. The van der Waals surface area contributed by atoms with Gasteiger partial charge < -0.3 is 20.3 Å². The molecule has 8 nitrogen and oxygen atoms in total. The maximum atomic E-state index is 12.9. The van der Waals surface area contributed by atoms with Gasteiger partial charge in [0.2, 0.25) is 0 Å². The van der Waals surface area contributed by atoms with Crippen molar-refractivity contribution in [3.8, 4) is 5.69 Å². The van der Waals surface area contributed by atoms with E-state index >= 15 is 0 Å². The molecule has 1 amide bonds. The van der Waals surface area contributed by atoms with Gasteiger partial charge in [0, 0.05) is 25.5 Å². The molecule has 0 radical (unpaired) electrons. The largest absolute Gasteiger partial charge is 0.389 e.